The molecule has 1 fully saturated rings. The summed E-state index contributed by atoms with van der Waals surface area (Å²) in [4.78, 5) is 32.5. The SMILES string of the molecule is COc1ccc(N=C2SC(C(=O)Nc3ccc(F)cc3)CC(=O)N2Cc2ccc3c(c2)OCO3)cc1. The topological polar surface area (TPSA) is 89.5 Å². The van der Waals surface area contributed by atoms with Gasteiger partial charge in [0.25, 0.3) is 0 Å². The molecule has 1 atom stereocenters. The van der Waals surface area contributed by atoms with E-state index in [-0.39, 0.29) is 31.6 Å². The quantitative estimate of drug-likeness (QED) is 0.519. The third-order valence-electron chi connectivity index (χ3n) is 5.62. The number of fused-ring (bicyclic) bond motifs is 1. The highest BCUT2D eigenvalue weighted by molar-refractivity contribution is 8.15. The Hall–Kier alpha value is -4.05. The number of rotatable bonds is 6. The monoisotopic (exact) mass is 507 g/mol. The summed E-state index contributed by atoms with van der Waals surface area (Å²) in [5, 5.41) is 2.45. The van der Waals surface area contributed by atoms with Crippen LogP contribution in [-0.4, -0.2) is 41.0 Å². The van der Waals surface area contributed by atoms with Gasteiger partial charge in [-0.1, -0.05) is 17.8 Å². The lowest BCUT2D eigenvalue weighted by Gasteiger charge is -2.32. The fourth-order valence-electron chi connectivity index (χ4n) is 3.74. The van der Waals surface area contributed by atoms with E-state index in [1.54, 1.807) is 42.3 Å². The van der Waals surface area contributed by atoms with Crippen LogP contribution in [0.4, 0.5) is 15.8 Å². The predicted molar refractivity (Wildman–Crippen MR) is 134 cm³/mol. The van der Waals surface area contributed by atoms with Crippen molar-refractivity contribution in [2.45, 2.75) is 18.2 Å². The summed E-state index contributed by atoms with van der Waals surface area (Å²) in [5.74, 6) is 0.962. The molecule has 0 aromatic heterocycles. The number of nitrogens with one attached hydrogen (secondary N) is 1. The van der Waals surface area contributed by atoms with Crippen LogP contribution in [0.3, 0.4) is 0 Å². The van der Waals surface area contributed by atoms with Gasteiger partial charge >= 0.3 is 0 Å². The first kappa shape index (κ1) is 23.7. The van der Waals surface area contributed by atoms with E-state index in [0.717, 1.165) is 5.56 Å². The predicted octanol–water partition coefficient (Wildman–Crippen LogP) is 4.72. The summed E-state index contributed by atoms with van der Waals surface area (Å²) >= 11 is 1.21. The molecule has 1 N–H and O–H groups in total. The highest BCUT2D eigenvalue weighted by Gasteiger charge is 2.36. The zero-order valence-electron chi connectivity index (χ0n) is 19.3. The number of carbonyl (C=O) groups excluding carboxylic acids is 2. The Morgan fingerprint density at radius 3 is 2.61 bits per heavy atom. The van der Waals surface area contributed by atoms with Crippen molar-refractivity contribution in [3.8, 4) is 17.2 Å². The molecule has 2 aliphatic heterocycles. The molecule has 0 aliphatic carbocycles. The number of ether oxygens (including phenoxy) is 3. The van der Waals surface area contributed by atoms with Crippen molar-refractivity contribution in [3.63, 3.8) is 0 Å². The average Bonchev–Trinajstić information content (AvgIpc) is 3.35. The zero-order valence-corrected chi connectivity index (χ0v) is 20.1. The average molecular weight is 508 g/mol. The maximum atomic E-state index is 13.3. The minimum atomic E-state index is -0.701. The van der Waals surface area contributed by atoms with Gasteiger partial charge in [0.05, 0.1) is 19.3 Å². The number of carbonyl (C=O) groups is 2. The summed E-state index contributed by atoms with van der Waals surface area (Å²) in [7, 11) is 1.58. The second kappa shape index (κ2) is 10.3. The number of anilines is 1. The van der Waals surface area contributed by atoms with Crippen LogP contribution in [0.15, 0.2) is 71.7 Å². The number of amidine groups is 1. The standard InChI is InChI=1S/C26H22FN3O5S/c1-33-20-9-7-19(8-10-20)29-26-30(14-16-2-11-21-22(12-16)35-15-34-21)24(31)13-23(36-26)25(32)28-18-5-3-17(27)4-6-18/h2-12,23H,13-15H2,1H3,(H,28,32). The van der Waals surface area contributed by atoms with Crippen LogP contribution in [0, 0.1) is 5.82 Å². The molecule has 36 heavy (non-hydrogen) atoms. The molecule has 3 aromatic carbocycles. The molecule has 0 bridgehead atoms. The minimum absolute atomic E-state index is 0.0100. The first-order chi connectivity index (χ1) is 17.5. The van der Waals surface area contributed by atoms with Crippen LogP contribution in [0.5, 0.6) is 17.2 Å². The van der Waals surface area contributed by atoms with E-state index in [4.69, 9.17) is 14.2 Å². The molecule has 0 radical (unpaired) electrons. The van der Waals surface area contributed by atoms with Gasteiger partial charge in [0, 0.05) is 12.1 Å². The maximum Gasteiger partial charge on any atom is 0.238 e. The van der Waals surface area contributed by atoms with E-state index in [9.17, 15) is 14.0 Å². The summed E-state index contributed by atoms with van der Waals surface area (Å²) in [6.07, 6.45) is -0.0100. The molecule has 2 amide bonds. The van der Waals surface area contributed by atoms with Crippen molar-refractivity contribution >= 4 is 40.1 Å². The number of nitrogens with zero attached hydrogens (tertiary/aromatic N) is 2. The normalized spacial score (nSPS) is 17.8. The Morgan fingerprint density at radius 2 is 1.86 bits per heavy atom. The first-order valence-electron chi connectivity index (χ1n) is 11.1. The van der Waals surface area contributed by atoms with Gasteiger partial charge in [-0.2, -0.15) is 0 Å². The molecule has 184 valence electrons. The van der Waals surface area contributed by atoms with E-state index >= 15 is 0 Å². The van der Waals surface area contributed by atoms with Gasteiger partial charge in [-0.25, -0.2) is 9.38 Å². The van der Waals surface area contributed by atoms with Crippen molar-refractivity contribution in [1.82, 2.24) is 4.90 Å². The highest BCUT2D eigenvalue weighted by Crippen LogP contribution is 2.35. The van der Waals surface area contributed by atoms with Crippen LogP contribution in [0.25, 0.3) is 0 Å². The van der Waals surface area contributed by atoms with Gasteiger partial charge in [0.2, 0.25) is 18.6 Å². The Balaban J connectivity index is 1.40. The largest absolute Gasteiger partial charge is 0.497 e. The van der Waals surface area contributed by atoms with Crippen molar-refractivity contribution < 1.29 is 28.2 Å². The lowest BCUT2D eigenvalue weighted by Crippen LogP contribution is -2.44. The molecular weight excluding hydrogens is 485 g/mol. The van der Waals surface area contributed by atoms with Gasteiger partial charge in [-0.15, -0.1) is 0 Å². The minimum Gasteiger partial charge on any atom is -0.497 e. The number of amides is 2. The van der Waals surface area contributed by atoms with Crippen LogP contribution >= 0.6 is 11.8 Å². The van der Waals surface area contributed by atoms with Crippen molar-refractivity contribution in [2.75, 3.05) is 19.2 Å². The molecule has 1 unspecified atom stereocenters. The number of thioether (sulfide) groups is 1. The second-order valence-electron chi connectivity index (χ2n) is 8.07. The molecule has 1 saturated heterocycles. The van der Waals surface area contributed by atoms with Gasteiger partial charge in [0.1, 0.15) is 16.8 Å². The molecule has 2 heterocycles. The van der Waals surface area contributed by atoms with E-state index < -0.39 is 11.1 Å². The molecule has 0 saturated carbocycles. The number of methoxy groups -OCH3 is 1. The van der Waals surface area contributed by atoms with Gasteiger partial charge in [-0.05, 0) is 66.2 Å². The zero-order chi connectivity index (χ0) is 25.1. The molecule has 10 heteroatoms. The van der Waals surface area contributed by atoms with E-state index in [1.807, 2.05) is 12.1 Å². The fraction of sp³-hybridized carbons (Fsp3) is 0.192. The highest BCUT2D eigenvalue weighted by atomic mass is 32.2. The van der Waals surface area contributed by atoms with E-state index in [1.165, 1.54) is 36.0 Å². The van der Waals surface area contributed by atoms with Crippen LogP contribution in [0.2, 0.25) is 0 Å². The summed E-state index contributed by atoms with van der Waals surface area (Å²) in [6.45, 7) is 0.413. The van der Waals surface area contributed by atoms with Crippen molar-refractivity contribution in [3.05, 3.63) is 78.1 Å². The maximum absolute atomic E-state index is 13.3. The summed E-state index contributed by atoms with van der Waals surface area (Å²) in [6, 6.07) is 18.1. The van der Waals surface area contributed by atoms with Gasteiger partial charge in [-0.3, -0.25) is 14.5 Å². The van der Waals surface area contributed by atoms with E-state index in [2.05, 4.69) is 10.3 Å². The molecular formula is C26H22FN3O5S. The smallest absolute Gasteiger partial charge is 0.238 e. The number of aliphatic imine (C=N–C) groups is 1. The molecule has 3 aromatic rings. The Bertz CT molecular complexity index is 1310. The molecule has 2 aliphatic rings. The van der Waals surface area contributed by atoms with Crippen LogP contribution < -0.4 is 19.5 Å². The number of halogens is 1. The Kier molecular flexibility index (Phi) is 6.77. The van der Waals surface area contributed by atoms with Gasteiger partial charge in [0.15, 0.2) is 16.7 Å². The second-order valence-corrected chi connectivity index (χ2v) is 9.24. The van der Waals surface area contributed by atoms with Crippen LogP contribution in [-0.2, 0) is 16.1 Å². The number of hydrogen-bond acceptors (Lipinski definition) is 7. The number of hydrogen-bond donors (Lipinski definition) is 1. The summed E-state index contributed by atoms with van der Waals surface area (Å²) < 4.78 is 29.3. The first-order valence-corrected chi connectivity index (χ1v) is 12.0. The lowest BCUT2D eigenvalue weighted by atomic mass is 10.1. The lowest BCUT2D eigenvalue weighted by molar-refractivity contribution is -0.129. The van der Waals surface area contributed by atoms with E-state index in [0.29, 0.717) is 33.8 Å². The van der Waals surface area contributed by atoms with Gasteiger partial charge < -0.3 is 19.5 Å². The third-order valence-corrected chi connectivity index (χ3v) is 6.81. The molecule has 0 spiro atoms. The molecule has 5 rings (SSSR count). The Labute approximate surface area is 211 Å². The van der Waals surface area contributed by atoms with Crippen LogP contribution in [0.1, 0.15) is 12.0 Å². The van der Waals surface area contributed by atoms with Crippen molar-refractivity contribution in [2.24, 2.45) is 4.99 Å². The summed E-state index contributed by atoms with van der Waals surface area (Å²) in [5.41, 5.74) is 1.90. The molecule has 8 nitrogen and oxygen atoms in total. The Morgan fingerprint density at radius 1 is 1.11 bits per heavy atom. The third kappa shape index (κ3) is 5.28. The van der Waals surface area contributed by atoms with Crippen molar-refractivity contribution in [1.29, 1.82) is 0 Å². The number of benzene rings is 3. The fourth-order valence-corrected chi connectivity index (χ4v) is 4.84.